The van der Waals surface area contributed by atoms with E-state index in [-0.39, 0.29) is 18.4 Å². The minimum Gasteiger partial charge on any atom is -0.479 e. The number of ether oxygens (including phenoxy) is 1. The number of benzene rings is 2. The van der Waals surface area contributed by atoms with Crippen LogP contribution in [-0.4, -0.2) is 40.8 Å². The predicted molar refractivity (Wildman–Crippen MR) is 99.5 cm³/mol. The lowest BCUT2D eigenvalue weighted by Crippen LogP contribution is -2.61. The molecule has 27 heavy (non-hydrogen) atoms. The fourth-order valence-corrected chi connectivity index (χ4v) is 5.17. The fraction of sp³-hybridized carbons (Fsp3) is 0.364. The van der Waals surface area contributed by atoms with Crippen molar-refractivity contribution >= 4 is 12.1 Å². The van der Waals surface area contributed by atoms with Crippen LogP contribution in [0.3, 0.4) is 0 Å². The van der Waals surface area contributed by atoms with Crippen LogP contribution in [0.15, 0.2) is 48.5 Å². The smallest absolute Gasteiger partial charge is 0.410 e. The number of hydrogen-bond acceptors (Lipinski definition) is 3. The van der Waals surface area contributed by atoms with Gasteiger partial charge in [0.1, 0.15) is 12.1 Å². The minimum atomic E-state index is -1.04. The first-order chi connectivity index (χ1) is 13.1. The van der Waals surface area contributed by atoms with Gasteiger partial charge in [-0.25, -0.2) is 9.59 Å². The lowest BCUT2D eigenvalue weighted by atomic mass is 9.67. The van der Waals surface area contributed by atoms with E-state index in [9.17, 15) is 14.7 Å². The Morgan fingerprint density at radius 3 is 2.22 bits per heavy atom. The lowest BCUT2D eigenvalue weighted by Gasteiger charge is -2.45. The molecule has 0 aromatic heterocycles. The molecule has 5 rings (SSSR count). The molecular formula is C22H21NO4. The van der Waals surface area contributed by atoms with Crippen LogP contribution >= 0.6 is 0 Å². The molecule has 0 bridgehead atoms. The summed E-state index contributed by atoms with van der Waals surface area (Å²) in [5.74, 6) is -0.845. The van der Waals surface area contributed by atoms with Crippen molar-refractivity contribution in [2.24, 2.45) is 5.92 Å². The van der Waals surface area contributed by atoms with Gasteiger partial charge in [0.2, 0.25) is 0 Å². The number of aliphatic carboxylic acids is 1. The highest BCUT2D eigenvalue weighted by Gasteiger charge is 2.62. The summed E-state index contributed by atoms with van der Waals surface area (Å²) in [5, 5.41) is 9.70. The van der Waals surface area contributed by atoms with Crippen LogP contribution < -0.4 is 0 Å². The number of carboxylic acids is 1. The molecule has 5 nitrogen and oxygen atoms in total. The van der Waals surface area contributed by atoms with Gasteiger partial charge in [0, 0.05) is 12.5 Å². The number of rotatable bonds is 3. The standard InChI is InChI=1S/C22H21NO4/c24-20(25)22-11-9-14(22)10-12-23(22)21(26)27-13-19-17-7-3-1-5-15(17)16-6-2-4-8-18(16)19/h1-8,14,19H,9-13H2,(H,24,25). The maximum absolute atomic E-state index is 12.8. The van der Waals surface area contributed by atoms with Gasteiger partial charge in [-0.15, -0.1) is 0 Å². The van der Waals surface area contributed by atoms with Crippen molar-refractivity contribution in [3.8, 4) is 11.1 Å². The number of carbonyl (C=O) groups is 2. The first-order valence-electron chi connectivity index (χ1n) is 9.49. The molecule has 1 N–H and O–H groups in total. The summed E-state index contributed by atoms with van der Waals surface area (Å²) in [4.78, 5) is 26.1. The van der Waals surface area contributed by atoms with Crippen molar-refractivity contribution in [2.75, 3.05) is 13.2 Å². The third-order valence-electron chi connectivity index (χ3n) is 6.66. The zero-order chi connectivity index (χ0) is 18.6. The predicted octanol–water partition coefficient (Wildman–Crippen LogP) is 3.87. The highest BCUT2D eigenvalue weighted by Crippen LogP contribution is 2.51. The molecule has 138 valence electrons. The third-order valence-corrected chi connectivity index (χ3v) is 6.66. The molecule has 5 heteroatoms. The Hall–Kier alpha value is -2.82. The summed E-state index contributed by atoms with van der Waals surface area (Å²) in [6, 6.07) is 16.4. The van der Waals surface area contributed by atoms with Gasteiger partial charge in [0.05, 0.1) is 0 Å². The van der Waals surface area contributed by atoms with Crippen LogP contribution in [0.1, 0.15) is 36.3 Å². The Labute approximate surface area is 157 Å². The van der Waals surface area contributed by atoms with E-state index in [1.54, 1.807) is 0 Å². The van der Waals surface area contributed by atoms with Crippen molar-refractivity contribution in [3.63, 3.8) is 0 Å². The summed E-state index contributed by atoms with van der Waals surface area (Å²) < 4.78 is 5.68. The summed E-state index contributed by atoms with van der Waals surface area (Å²) in [7, 11) is 0. The van der Waals surface area contributed by atoms with Gasteiger partial charge in [0.15, 0.2) is 0 Å². The Balaban J connectivity index is 1.38. The summed E-state index contributed by atoms with van der Waals surface area (Å²) in [5.41, 5.74) is 3.63. The maximum Gasteiger partial charge on any atom is 0.410 e. The van der Waals surface area contributed by atoms with Crippen molar-refractivity contribution in [1.82, 2.24) is 4.90 Å². The second-order valence-corrected chi connectivity index (χ2v) is 7.71. The topological polar surface area (TPSA) is 66.8 Å². The molecule has 2 aromatic carbocycles. The number of hydrogen-bond donors (Lipinski definition) is 1. The molecule has 1 amide bonds. The number of nitrogens with zero attached hydrogens (tertiary/aromatic N) is 1. The van der Waals surface area contributed by atoms with E-state index < -0.39 is 17.6 Å². The van der Waals surface area contributed by atoms with Gasteiger partial charge in [-0.2, -0.15) is 0 Å². The van der Waals surface area contributed by atoms with E-state index >= 15 is 0 Å². The Morgan fingerprint density at radius 2 is 1.67 bits per heavy atom. The molecule has 1 aliphatic heterocycles. The number of carbonyl (C=O) groups excluding carboxylic acids is 1. The monoisotopic (exact) mass is 363 g/mol. The Kier molecular flexibility index (Phi) is 3.54. The normalized spacial score (nSPS) is 25.3. The van der Waals surface area contributed by atoms with Gasteiger partial charge in [-0.05, 0) is 47.4 Å². The molecule has 2 unspecified atom stereocenters. The van der Waals surface area contributed by atoms with Crippen LogP contribution in [0.5, 0.6) is 0 Å². The second-order valence-electron chi connectivity index (χ2n) is 7.71. The molecule has 2 aliphatic carbocycles. The number of carboxylic acid groups (broad SMARTS) is 1. The zero-order valence-electron chi connectivity index (χ0n) is 14.9. The van der Waals surface area contributed by atoms with Gasteiger partial charge < -0.3 is 9.84 Å². The molecule has 0 spiro atoms. The number of fused-ring (bicyclic) bond motifs is 4. The SMILES string of the molecule is O=C(OCC1c2ccccc2-c2ccccc21)N1CCC2CCC21C(=O)O. The van der Waals surface area contributed by atoms with E-state index in [0.29, 0.717) is 13.0 Å². The molecule has 2 fully saturated rings. The largest absolute Gasteiger partial charge is 0.479 e. The van der Waals surface area contributed by atoms with Gasteiger partial charge in [0.25, 0.3) is 0 Å². The van der Waals surface area contributed by atoms with E-state index in [0.717, 1.165) is 24.0 Å². The van der Waals surface area contributed by atoms with Crippen LogP contribution in [0.25, 0.3) is 11.1 Å². The molecule has 2 aromatic rings. The molecule has 3 aliphatic rings. The van der Waals surface area contributed by atoms with Crippen molar-refractivity contribution in [2.45, 2.75) is 30.7 Å². The number of likely N-dealkylation sites (tertiary alicyclic amines) is 1. The van der Waals surface area contributed by atoms with Gasteiger partial charge in [-0.3, -0.25) is 4.90 Å². The fourth-order valence-electron chi connectivity index (χ4n) is 5.17. The minimum absolute atomic E-state index is 0.0121. The Morgan fingerprint density at radius 1 is 1.04 bits per heavy atom. The zero-order valence-corrected chi connectivity index (χ0v) is 14.9. The summed E-state index contributed by atoms with van der Waals surface area (Å²) in [6.07, 6.45) is 1.65. The van der Waals surface area contributed by atoms with E-state index in [1.165, 1.54) is 16.0 Å². The second kappa shape index (κ2) is 5.84. The van der Waals surface area contributed by atoms with Gasteiger partial charge in [-0.1, -0.05) is 48.5 Å². The highest BCUT2D eigenvalue weighted by atomic mass is 16.6. The third kappa shape index (κ3) is 2.17. The van der Waals surface area contributed by atoms with Crippen molar-refractivity contribution in [3.05, 3.63) is 59.7 Å². The van der Waals surface area contributed by atoms with E-state index in [2.05, 4.69) is 24.3 Å². The molecule has 1 saturated heterocycles. The average molecular weight is 363 g/mol. The first kappa shape index (κ1) is 16.4. The average Bonchev–Trinajstić information content (AvgIpc) is 3.12. The van der Waals surface area contributed by atoms with Crippen LogP contribution in [0.2, 0.25) is 0 Å². The summed E-state index contributed by atoms with van der Waals surface area (Å²) >= 11 is 0. The van der Waals surface area contributed by atoms with E-state index in [4.69, 9.17) is 4.74 Å². The molecule has 1 saturated carbocycles. The molecule has 1 heterocycles. The number of amides is 1. The quantitative estimate of drug-likeness (QED) is 0.899. The van der Waals surface area contributed by atoms with Gasteiger partial charge >= 0.3 is 12.1 Å². The highest BCUT2D eigenvalue weighted by molar-refractivity contribution is 5.87. The van der Waals surface area contributed by atoms with E-state index in [1.807, 2.05) is 24.3 Å². The van der Waals surface area contributed by atoms with Crippen LogP contribution in [0.4, 0.5) is 4.79 Å². The van der Waals surface area contributed by atoms with Crippen molar-refractivity contribution < 1.29 is 19.4 Å². The molecule has 2 atom stereocenters. The summed E-state index contributed by atoms with van der Waals surface area (Å²) in [6.45, 7) is 0.692. The van der Waals surface area contributed by atoms with Crippen LogP contribution in [-0.2, 0) is 9.53 Å². The molecule has 0 radical (unpaired) electrons. The molecular weight excluding hydrogens is 342 g/mol. The van der Waals surface area contributed by atoms with Crippen LogP contribution in [0, 0.1) is 5.92 Å². The van der Waals surface area contributed by atoms with Crippen molar-refractivity contribution in [1.29, 1.82) is 0 Å². The first-order valence-corrected chi connectivity index (χ1v) is 9.49. The lowest BCUT2D eigenvalue weighted by molar-refractivity contribution is -0.157. The maximum atomic E-state index is 12.8. The Bertz CT molecular complexity index is 894.